The molecule has 1 aromatic heterocycles. The first-order valence-electron chi connectivity index (χ1n) is 11.2. The molecule has 0 fully saturated rings. The van der Waals surface area contributed by atoms with E-state index in [1.54, 1.807) is 12.1 Å². The Hall–Kier alpha value is -2.96. The number of carbonyl (C=O) groups excluding carboxylic acids is 2. The van der Waals surface area contributed by atoms with Crippen molar-refractivity contribution in [2.75, 3.05) is 10.6 Å². The van der Waals surface area contributed by atoms with E-state index in [4.69, 9.17) is 23.2 Å². The van der Waals surface area contributed by atoms with Crippen LogP contribution in [0.3, 0.4) is 0 Å². The minimum absolute atomic E-state index is 0.0137. The van der Waals surface area contributed by atoms with Gasteiger partial charge < -0.3 is 15.7 Å². The maximum absolute atomic E-state index is 14.2. The van der Waals surface area contributed by atoms with Crippen LogP contribution in [0.2, 0.25) is 10.2 Å². The number of pyridine rings is 1. The van der Waals surface area contributed by atoms with Crippen LogP contribution in [-0.4, -0.2) is 28.1 Å². The maximum atomic E-state index is 14.2. The molecule has 4 aromatic rings. The number of rotatable bonds is 6. The second-order valence-electron chi connectivity index (χ2n) is 8.36. The molecule has 206 valence electrons. The summed E-state index contributed by atoms with van der Waals surface area (Å²) in [6.45, 7) is 0. The molecule has 0 saturated heterocycles. The Morgan fingerprint density at radius 3 is 2.12 bits per heavy atom. The lowest BCUT2D eigenvalue weighted by molar-refractivity contribution is -0.248. The van der Waals surface area contributed by atoms with Crippen molar-refractivity contribution in [3.05, 3.63) is 120 Å². The van der Waals surface area contributed by atoms with Crippen molar-refractivity contribution in [1.82, 2.24) is 4.98 Å². The number of carbonyl (C=O) groups is 2. The van der Waals surface area contributed by atoms with Gasteiger partial charge in [0.25, 0.3) is 11.8 Å². The molecule has 0 aliphatic carbocycles. The van der Waals surface area contributed by atoms with Gasteiger partial charge in [0.1, 0.15) is 5.15 Å². The average Bonchev–Trinajstić information content (AvgIpc) is 2.89. The number of benzene rings is 3. The summed E-state index contributed by atoms with van der Waals surface area (Å²) < 4.78 is 42.8. The Balaban J connectivity index is 1.61. The van der Waals surface area contributed by atoms with Crippen LogP contribution in [0.4, 0.5) is 24.5 Å². The van der Waals surface area contributed by atoms with Gasteiger partial charge in [-0.1, -0.05) is 41.4 Å². The summed E-state index contributed by atoms with van der Waals surface area (Å²) in [6.07, 6.45) is -3.67. The van der Waals surface area contributed by atoms with Crippen molar-refractivity contribution in [3.63, 3.8) is 0 Å². The standard InChI is InChI=1S/C27H16Br2Cl2F3N3O3/c28-20-12-16(26(40,27(32,33)34)15-5-2-6-17(30)11-15)13-21(29)22(20)37-24(38)14-4-1-7-18(10-14)36-25(39)19-8-3-9-35-23(19)31/h1-13,40H,(H,36,39)(H,37,38). The van der Waals surface area contributed by atoms with Gasteiger partial charge in [-0.2, -0.15) is 13.2 Å². The minimum atomic E-state index is -5.10. The zero-order valence-corrected chi connectivity index (χ0v) is 24.5. The average molecular weight is 718 g/mol. The van der Waals surface area contributed by atoms with E-state index in [0.717, 1.165) is 24.3 Å². The Bertz CT molecular complexity index is 1600. The van der Waals surface area contributed by atoms with Gasteiger partial charge in [0, 0.05) is 31.4 Å². The van der Waals surface area contributed by atoms with Gasteiger partial charge in [-0.25, -0.2) is 4.98 Å². The molecule has 0 aliphatic rings. The lowest BCUT2D eigenvalue weighted by Crippen LogP contribution is -2.43. The van der Waals surface area contributed by atoms with Gasteiger partial charge in [-0.3, -0.25) is 9.59 Å². The molecule has 0 aliphatic heterocycles. The molecule has 1 unspecified atom stereocenters. The zero-order chi connectivity index (χ0) is 29.2. The quantitative estimate of drug-likeness (QED) is 0.175. The number of nitrogens with zero attached hydrogens (tertiary/aromatic N) is 1. The molecule has 1 heterocycles. The molecule has 40 heavy (non-hydrogen) atoms. The van der Waals surface area contributed by atoms with E-state index >= 15 is 0 Å². The van der Waals surface area contributed by atoms with E-state index in [9.17, 15) is 27.9 Å². The van der Waals surface area contributed by atoms with E-state index < -0.39 is 34.7 Å². The van der Waals surface area contributed by atoms with Crippen LogP contribution in [0.5, 0.6) is 0 Å². The van der Waals surface area contributed by atoms with Crippen molar-refractivity contribution < 1.29 is 27.9 Å². The lowest BCUT2D eigenvalue weighted by atomic mass is 9.85. The molecule has 0 spiro atoms. The molecule has 6 nitrogen and oxygen atoms in total. The summed E-state index contributed by atoms with van der Waals surface area (Å²) >= 11 is 18.3. The summed E-state index contributed by atoms with van der Waals surface area (Å²) in [5.41, 5.74) is -3.70. The van der Waals surface area contributed by atoms with Crippen LogP contribution in [0, 0.1) is 0 Å². The molecule has 3 aromatic carbocycles. The molecular formula is C27H16Br2Cl2F3N3O3. The second-order valence-corrected chi connectivity index (χ2v) is 10.9. The van der Waals surface area contributed by atoms with Gasteiger partial charge >= 0.3 is 6.18 Å². The van der Waals surface area contributed by atoms with Gasteiger partial charge in [0.05, 0.1) is 11.3 Å². The van der Waals surface area contributed by atoms with Crippen molar-refractivity contribution in [1.29, 1.82) is 0 Å². The molecule has 1 atom stereocenters. The zero-order valence-electron chi connectivity index (χ0n) is 19.9. The highest BCUT2D eigenvalue weighted by Crippen LogP contribution is 2.47. The minimum Gasteiger partial charge on any atom is -0.372 e. The molecule has 4 rings (SSSR count). The first-order valence-corrected chi connectivity index (χ1v) is 13.5. The first-order chi connectivity index (χ1) is 18.8. The molecule has 2 amide bonds. The van der Waals surface area contributed by atoms with Crippen molar-refractivity contribution in [2.45, 2.75) is 11.8 Å². The number of aliphatic hydroxyl groups is 1. The number of nitrogens with one attached hydrogen (secondary N) is 2. The van der Waals surface area contributed by atoms with Crippen molar-refractivity contribution >= 4 is 78.3 Å². The highest BCUT2D eigenvalue weighted by molar-refractivity contribution is 9.11. The smallest absolute Gasteiger partial charge is 0.372 e. The van der Waals surface area contributed by atoms with Gasteiger partial charge in [-0.15, -0.1) is 0 Å². The number of alkyl halides is 3. The normalized spacial score (nSPS) is 12.9. The van der Waals surface area contributed by atoms with E-state index in [1.807, 2.05) is 0 Å². The maximum Gasteiger partial charge on any atom is 0.425 e. The number of aromatic nitrogens is 1. The largest absolute Gasteiger partial charge is 0.425 e. The van der Waals surface area contributed by atoms with E-state index in [1.165, 1.54) is 42.6 Å². The highest BCUT2D eigenvalue weighted by atomic mass is 79.9. The van der Waals surface area contributed by atoms with Crippen LogP contribution >= 0.6 is 55.1 Å². The van der Waals surface area contributed by atoms with Gasteiger partial charge in [0.15, 0.2) is 0 Å². The van der Waals surface area contributed by atoms with Crippen molar-refractivity contribution in [2.24, 2.45) is 0 Å². The molecular weight excluding hydrogens is 702 g/mol. The number of hydrogen-bond acceptors (Lipinski definition) is 4. The highest BCUT2D eigenvalue weighted by Gasteiger charge is 2.56. The predicted molar refractivity (Wildman–Crippen MR) is 154 cm³/mol. The third kappa shape index (κ3) is 6.18. The summed E-state index contributed by atoms with van der Waals surface area (Å²) in [5.74, 6) is -1.15. The molecule has 0 saturated carbocycles. The number of amides is 2. The van der Waals surface area contributed by atoms with Crippen LogP contribution in [0.25, 0.3) is 0 Å². The Morgan fingerprint density at radius 1 is 0.825 bits per heavy atom. The number of anilines is 2. The number of halogens is 7. The first kappa shape index (κ1) is 30.0. The molecule has 13 heteroatoms. The van der Waals surface area contributed by atoms with Crippen LogP contribution in [0.15, 0.2) is 87.9 Å². The Kier molecular flexibility index (Phi) is 8.91. The van der Waals surface area contributed by atoms with E-state index in [0.29, 0.717) is 5.69 Å². The fourth-order valence-corrected chi connectivity index (χ4v) is 5.57. The van der Waals surface area contributed by atoms with Crippen molar-refractivity contribution in [3.8, 4) is 0 Å². The van der Waals surface area contributed by atoms with Crippen LogP contribution in [-0.2, 0) is 5.60 Å². The summed E-state index contributed by atoms with van der Waals surface area (Å²) in [7, 11) is 0. The Labute approximate surface area is 252 Å². The van der Waals surface area contributed by atoms with E-state index in [2.05, 4.69) is 47.5 Å². The predicted octanol–water partition coefficient (Wildman–Crippen LogP) is 8.22. The van der Waals surface area contributed by atoms with Crippen LogP contribution in [0.1, 0.15) is 31.8 Å². The SMILES string of the molecule is O=C(Nc1c(Br)cc(C(O)(c2cccc(Cl)c2)C(F)(F)F)cc1Br)c1cccc(NC(=O)c2cccnc2Cl)c1. The summed E-state index contributed by atoms with van der Waals surface area (Å²) in [4.78, 5) is 29.4. The molecule has 0 radical (unpaired) electrons. The number of hydrogen-bond donors (Lipinski definition) is 3. The molecule has 3 N–H and O–H groups in total. The molecule has 0 bridgehead atoms. The second kappa shape index (κ2) is 11.9. The van der Waals surface area contributed by atoms with E-state index in [-0.39, 0.29) is 35.9 Å². The fraction of sp³-hybridized carbons (Fsp3) is 0.0741. The summed E-state index contributed by atoms with van der Waals surface area (Å²) in [6, 6.07) is 16.0. The summed E-state index contributed by atoms with van der Waals surface area (Å²) in [5, 5.41) is 16.2. The topological polar surface area (TPSA) is 91.3 Å². The monoisotopic (exact) mass is 715 g/mol. The van der Waals surface area contributed by atoms with Gasteiger partial charge in [0.2, 0.25) is 5.60 Å². The van der Waals surface area contributed by atoms with Crippen LogP contribution < -0.4 is 10.6 Å². The Morgan fingerprint density at radius 2 is 1.50 bits per heavy atom. The van der Waals surface area contributed by atoms with Gasteiger partial charge in [-0.05, 0) is 97.6 Å². The third-order valence-electron chi connectivity index (χ3n) is 5.74. The lowest BCUT2D eigenvalue weighted by Gasteiger charge is -2.32. The third-order valence-corrected chi connectivity index (χ3v) is 7.52. The fourth-order valence-electron chi connectivity index (χ4n) is 3.79.